The van der Waals surface area contributed by atoms with E-state index in [4.69, 9.17) is 11.6 Å². The molecular weight excluding hydrogens is 240 g/mol. The fourth-order valence-electron chi connectivity index (χ4n) is 1.88. The number of pyridine rings is 1. The number of imide groups is 1. The van der Waals surface area contributed by atoms with Crippen LogP contribution < -0.4 is 0 Å². The Morgan fingerprint density at radius 1 is 1.24 bits per heavy atom. The number of carbonyl (C=O) groups is 2. The van der Waals surface area contributed by atoms with E-state index in [0.717, 1.165) is 0 Å². The molecule has 0 spiro atoms. The zero-order valence-corrected chi connectivity index (χ0v) is 10.4. The standard InChI is InChI=1S/C12H13ClN2O2/c1-7-8(2)12(17)15(11(7)16)6-9-4-3-5-10(13)14-9/h3-5,7-8H,6H2,1-2H3. The van der Waals surface area contributed by atoms with E-state index in [9.17, 15) is 9.59 Å². The van der Waals surface area contributed by atoms with Gasteiger partial charge in [0.2, 0.25) is 11.8 Å². The Balaban J connectivity index is 2.20. The van der Waals surface area contributed by atoms with Crippen LogP contribution in [0.4, 0.5) is 0 Å². The minimum Gasteiger partial charge on any atom is -0.276 e. The van der Waals surface area contributed by atoms with Crippen molar-refractivity contribution in [3.05, 3.63) is 29.0 Å². The number of amides is 2. The van der Waals surface area contributed by atoms with E-state index in [0.29, 0.717) is 10.8 Å². The average molecular weight is 253 g/mol. The molecule has 90 valence electrons. The molecule has 0 N–H and O–H groups in total. The summed E-state index contributed by atoms with van der Waals surface area (Å²) in [5.74, 6) is -0.767. The fourth-order valence-corrected chi connectivity index (χ4v) is 2.07. The van der Waals surface area contributed by atoms with Crippen molar-refractivity contribution in [3.63, 3.8) is 0 Å². The molecule has 1 aromatic heterocycles. The van der Waals surface area contributed by atoms with Crippen LogP contribution in [0.2, 0.25) is 5.15 Å². The summed E-state index contributed by atoms with van der Waals surface area (Å²) in [7, 11) is 0. The molecule has 2 rings (SSSR count). The summed E-state index contributed by atoms with van der Waals surface area (Å²) in [6.45, 7) is 3.75. The van der Waals surface area contributed by atoms with Gasteiger partial charge in [0.1, 0.15) is 5.15 Å². The van der Waals surface area contributed by atoms with Gasteiger partial charge in [-0.3, -0.25) is 14.5 Å². The maximum atomic E-state index is 11.9. The lowest BCUT2D eigenvalue weighted by atomic mass is 10.00. The van der Waals surface area contributed by atoms with Crippen molar-refractivity contribution in [1.82, 2.24) is 9.88 Å². The van der Waals surface area contributed by atoms with Crippen LogP contribution >= 0.6 is 11.6 Å². The topological polar surface area (TPSA) is 50.3 Å². The maximum Gasteiger partial charge on any atom is 0.233 e. The Morgan fingerprint density at radius 2 is 1.82 bits per heavy atom. The molecule has 2 heterocycles. The first-order valence-electron chi connectivity index (χ1n) is 5.47. The van der Waals surface area contributed by atoms with Gasteiger partial charge in [-0.1, -0.05) is 31.5 Å². The Bertz CT molecular complexity index is 455. The molecule has 0 radical (unpaired) electrons. The predicted octanol–water partition coefficient (Wildman–Crippen LogP) is 1.88. The second-order valence-corrected chi connectivity index (χ2v) is 4.68. The van der Waals surface area contributed by atoms with Crippen LogP contribution in [-0.4, -0.2) is 21.7 Å². The maximum absolute atomic E-state index is 11.9. The Labute approximate surface area is 105 Å². The first-order valence-corrected chi connectivity index (χ1v) is 5.85. The van der Waals surface area contributed by atoms with E-state index < -0.39 is 0 Å². The highest BCUT2D eigenvalue weighted by Gasteiger charge is 2.42. The van der Waals surface area contributed by atoms with Gasteiger partial charge in [0.05, 0.1) is 12.2 Å². The molecule has 1 aromatic rings. The van der Waals surface area contributed by atoms with Gasteiger partial charge in [-0.25, -0.2) is 4.98 Å². The summed E-state index contributed by atoms with van der Waals surface area (Å²) in [6, 6.07) is 5.16. The number of nitrogens with zero attached hydrogens (tertiary/aromatic N) is 2. The number of carbonyl (C=O) groups excluding carboxylic acids is 2. The molecule has 1 aliphatic heterocycles. The van der Waals surface area contributed by atoms with E-state index in [1.807, 2.05) is 0 Å². The molecule has 1 aliphatic rings. The third-order valence-electron chi connectivity index (χ3n) is 3.15. The van der Waals surface area contributed by atoms with Gasteiger partial charge >= 0.3 is 0 Å². The minimum atomic E-state index is -0.248. The minimum absolute atomic E-state index is 0.135. The van der Waals surface area contributed by atoms with Crippen molar-refractivity contribution in [2.45, 2.75) is 20.4 Å². The van der Waals surface area contributed by atoms with Gasteiger partial charge in [-0.05, 0) is 12.1 Å². The number of aromatic nitrogens is 1. The molecule has 17 heavy (non-hydrogen) atoms. The van der Waals surface area contributed by atoms with Gasteiger partial charge in [0, 0.05) is 11.8 Å². The van der Waals surface area contributed by atoms with E-state index in [2.05, 4.69) is 4.98 Å². The quantitative estimate of drug-likeness (QED) is 0.597. The molecule has 1 saturated heterocycles. The molecule has 2 amide bonds. The molecule has 0 aliphatic carbocycles. The number of hydrogen-bond donors (Lipinski definition) is 0. The summed E-state index contributed by atoms with van der Waals surface area (Å²) in [5, 5.41) is 0.364. The largest absolute Gasteiger partial charge is 0.276 e. The van der Waals surface area contributed by atoms with Crippen molar-refractivity contribution in [1.29, 1.82) is 0 Å². The Kier molecular flexibility index (Phi) is 3.15. The van der Waals surface area contributed by atoms with E-state index >= 15 is 0 Å². The predicted molar refractivity (Wildman–Crippen MR) is 63.1 cm³/mol. The summed E-state index contributed by atoms with van der Waals surface area (Å²) >= 11 is 5.76. The van der Waals surface area contributed by atoms with Crippen molar-refractivity contribution >= 4 is 23.4 Å². The van der Waals surface area contributed by atoms with Crippen molar-refractivity contribution in [2.24, 2.45) is 11.8 Å². The van der Waals surface area contributed by atoms with Crippen molar-refractivity contribution < 1.29 is 9.59 Å². The zero-order chi connectivity index (χ0) is 12.6. The first kappa shape index (κ1) is 12.0. The third kappa shape index (κ3) is 2.17. The highest BCUT2D eigenvalue weighted by molar-refractivity contribution is 6.29. The molecule has 4 nitrogen and oxygen atoms in total. The fraction of sp³-hybridized carbons (Fsp3) is 0.417. The van der Waals surface area contributed by atoms with Crippen LogP contribution in [0, 0.1) is 11.8 Å². The summed E-state index contributed by atoms with van der Waals surface area (Å²) in [5.41, 5.74) is 0.625. The van der Waals surface area contributed by atoms with Crippen LogP contribution in [0.25, 0.3) is 0 Å². The van der Waals surface area contributed by atoms with Gasteiger partial charge < -0.3 is 0 Å². The molecule has 2 unspecified atom stereocenters. The van der Waals surface area contributed by atoms with Gasteiger partial charge in [-0.2, -0.15) is 0 Å². The second kappa shape index (κ2) is 4.45. The normalized spacial score (nSPS) is 24.5. The smallest absolute Gasteiger partial charge is 0.233 e. The van der Waals surface area contributed by atoms with E-state index in [1.54, 1.807) is 32.0 Å². The van der Waals surface area contributed by atoms with Crippen LogP contribution in [-0.2, 0) is 16.1 Å². The van der Waals surface area contributed by atoms with Gasteiger partial charge in [0.25, 0.3) is 0 Å². The van der Waals surface area contributed by atoms with E-state index in [-0.39, 0.29) is 30.2 Å². The van der Waals surface area contributed by atoms with Crippen molar-refractivity contribution in [2.75, 3.05) is 0 Å². The van der Waals surface area contributed by atoms with Crippen molar-refractivity contribution in [3.8, 4) is 0 Å². The molecule has 0 aromatic carbocycles. The van der Waals surface area contributed by atoms with Gasteiger partial charge in [-0.15, -0.1) is 0 Å². The SMILES string of the molecule is CC1C(=O)N(Cc2cccc(Cl)n2)C(=O)C1C. The Morgan fingerprint density at radius 3 is 2.35 bits per heavy atom. The van der Waals surface area contributed by atoms with Crippen LogP contribution in [0.5, 0.6) is 0 Å². The van der Waals surface area contributed by atoms with Crippen LogP contribution in [0.1, 0.15) is 19.5 Å². The first-order chi connectivity index (χ1) is 8.00. The van der Waals surface area contributed by atoms with Crippen LogP contribution in [0.3, 0.4) is 0 Å². The lowest BCUT2D eigenvalue weighted by molar-refractivity contribution is -0.140. The second-order valence-electron chi connectivity index (χ2n) is 4.29. The zero-order valence-electron chi connectivity index (χ0n) is 9.68. The average Bonchev–Trinajstić information content (AvgIpc) is 2.47. The highest BCUT2D eigenvalue weighted by atomic mass is 35.5. The summed E-state index contributed by atoms with van der Waals surface area (Å²) < 4.78 is 0. The molecule has 5 heteroatoms. The lowest BCUT2D eigenvalue weighted by Gasteiger charge is -2.13. The Hall–Kier alpha value is -1.42. The lowest BCUT2D eigenvalue weighted by Crippen LogP contribution is -2.30. The number of rotatable bonds is 2. The van der Waals surface area contributed by atoms with E-state index in [1.165, 1.54) is 4.90 Å². The molecule has 2 atom stereocenters. The monoisotopic (exact) mass is 252 g/mol. The highest BCUT2D eigenvalue weighted by Crippen LogP contribution is 2.26. The van der Waals surface area contributed by atoms with Crippen LogP contribution in [0.15, 0.2) is 18.2 Å². The third-order valence-corrected chi connectivity index (χ3v) is 3.36. The summed E-state index contributed by atoms with van der Waals surface area (Å²) in [6.07, 6.45) is 0. The summed E-state index contributed by atoms with van der Waals surface area (Å²) in [4.78, 5) is 29.1. The molecule has 0 saturated carbocycles. The molecule has 1 fully saturated rings. The molecular formula is C12H13ClN2O2. The number of hydrogen-bond acceptors (Lipinski definition) is 3. The van der Waals surface area contributed by atoms with Gasteiger partial charge in [0.15, 0.2) is 0 Å². The molecule has 0 bridgehead atoms. The number of likely N-dealkylation sites (tertiary alicyclic amines) is 1. The number of halogens is 1.